The molecule has 0 aromatic heterocycles. The van der Waals surface area contributed by atoms with E-state index in [1.54, 1.807) is 5.01 Å². The molecule has 0 bridgehead atoms. The number of nitrogens with zero attached hydrogens (tertiary/aromatic N) is 1. The van der Waals surface area contributed by atoms with Crippen molar-refractivity contribution in [3.63, 3.8) is 0 Å². The van der Waals surface area contributed by atoms with Gasteiger partial charge in [-0.2, -0.15) is 0 Å². The summed E-state index contributed by atoms with van der Waals surface area (Å²) < 4.78 is 0. The molecule has 0 rings (SSSR count). The zero-order chi connectivity index (χ0) is 4.99. The van der Waals surface area contributed by atoms with Crippen LogP contribution in [-0.4, -0.2) is 25.4 Å². The Balaban J connectivity index is 2.81. The summed E-state index contributed by atoms with van der Waals surface area (Å²) in [4.78, 5) is 0. The van der Waals surface area contributed by atoms with Crippen molar-refractivity contribution in [1.29, 1.82) is 5.41 Å². The second-order valence-electron chi connectivity index (χ2n) is 1.17. The molecule has 3 nitrogen and oxygen atoms in total. The van der Waals surface area contributed by atoms with Crippen molar-refractivity contribution in [1.82, 2.24) is 10.4 Å². The Hall–Kier alpha value is -0.570. The van der Waals surface area contributed by atoms with Gasteiger partial charge >= 0.3 is 0 Å². The first-order valence-corrected chi connectivity index (χ1v) is 1.70. The van der Waals surface area contributed by atoms with Gasteiger partial charge in [0.25, 0.3) is 0 Å². The number of hydrogen-bond acceptors (Lipinski definition) is 2. The molecule has 2 N–H and O–H groups in total. The molecular weight excluding hydrogens is 78.1 g/mol. The van der Waals surface area contributed by atoms with E-state index in [-0.39, 0.29) is 0 Å². The lowest BCUT2D eigenvalue weighted by Gasteiger charge is -2.04. The van der Waals surface area contributed by atoms with Gasteiger partial charge in [0.1, 0.15) is 0 Å². The Morgan fingerprint density at radius 3 is 2.17 bits per heavy atom. The first kappa shape index (κ1) is 5.43. The average Bonchev–Trinajstić information content (AvgIpc) is 1.35. The number of hydrazine groups is 1. The highest BCUT2D eigenvalue weighted by atomic mass is 15.5. The number of hydrogen-bond donors (Lipinski definition) is 2. The summed E-state index contributed by atoms with van der Waals surface area (Å²) in [6, 6.07) is 0. The van der Waals surface area contributed by atoms with Crippen LogP contribution in [0.4, 0.5) is 0 Å². The molecule has 0 aromatic carbocycles. The lowest BCUT2D eigenvalue weighted by Crippen LogP contribution is -2.28. The van der Waals surface area contributed by atoms with Gasteiger partial charge in [-0.3, -0.25) is 5.41 Å². The summed E-state index contributed by atoms with van der Waals surface area (Å²) in [6.07, 6.45) is 1.12. The maximum absolute atomic E-state index is 6.46. The van der Waals surface area contributed by atoms with Crippen molar-refractivity contribution in [3.8, 4) is 0 Å². The molecule has 0 heterocycles. The number of nitrogens with one attached hydrogen (secondary N) is 2. The molecule has 0 aromatic rings. The molecule has 36 valence electrons. The molecule has 0 fully saturated rings. The van der Waals surface area contributed by atoms with Crippen LogP contribution in [0.25, 0.3) is 0 Å². The van der Waals surface area contributed by atoms with E-state index in [0.29, 0.717) is 0 Å². The summed E-state index contributed by atoms with van der Waals surface area (Å²) in [7, 11) is 3.65. The predicted molar refractivity (Wildman–Crippen MR) is 25.6 cm³/mol. The SMILES string of the molecule is CN(C)NC=N. The van der Waals surface area contributed by atoms with E-state index in [9.17, 15) is 0 Å². The minimum atomic E-state index is 1.12. The van der Waals surface area contributed by atoms with Crippen LogP contribution in [0.1, 0.15) is 0 Å². The maximum atomic E-state index is 6.46. The van der Waals surface area contributed by atoms with E-state index in [1.165, 1.54) is 0 Å². The summed E-state index contributed by atoms with van der Waals surface area (Å²) in [5.74, 6) is 0. The first-order valence-electron chi connectivity index (χ1n) is 1.70. The Kier molecular flexibility index (Phi) is 2.40. The van der Waals surface area contributed by atoms with E-state index >= 15 is 0 Å². The molecule has 0 atom stereocenters. The van der Waals surface area contributed by atoms with Crippen LogP contribution in [0.5, 0.6) is 0 Å². The van der Waals surface area contributed by atoms with Gasteiger partial charge in [-0.1, -0.05) is 0 Å². The molecule has 0 saturated heterocycles. The molecule has 0 unspecified atom stereocenters. The Bertz CT molecular complexity index is 41.3. The van der Waals surface area contributed by atoms with Gasteiger partial charge in [0.15, 0.2) is 0 Å². The van der Waals surface area contributed by atoms with Crippen LogP contribution < -0.4 is 5.43 Å². The lowest BCUT2D eigenvalue weighted by molar-refractivity contribution is 0.367. The van der Waals surface area contributed by atoms with E-state index < -0.39 is 0 Å². The van der Waals surface area contributed by atoms with Crippen molar-refractivity contribution in [2.75, 3.05) is 14.1 Å². The minimum Gasteiger partial charge on any atom is -0.310 e. The molecule has 0 aliphatic carbocycles. The highest BCUT2D eigenvalue weighted by Gasteiger charge is 1.72. The van der Waals surface area contributed by atoms with Gasteiger partial charge in [0.05, 0.1) is 6.34 Å². The lowest BCUT2D eigenvalue weighted by atomic mass is 11.1. The third kappa shape index (κ3) is 3.43. The van der Waals surface area contributed by atoms with Crippen molar-refractivity contribution in [3.05, 3.63) is 0 Å². The van der Waals surface area contributed by atoms with Gasteiger partial charge in [0, 0.05) is 14.1 Å². The van der Waals surface area contributed by atoms with Crippen LogP contribution >= 0.6 is 0 Å². The van der Waals surface area contributed by atoms with Crippen molar-refractivity contribution < 1.29 is 0 Å². The molecule has 3 heteroatoms. The summed E-state index contributed by atoms with van der Waals surface area (Å²) in [5.41, 5.74) is 2.58. The highest BCUT2D eigenvalue weighted by Crippen LogP contribution is 1.51. The highest BCUT2D eigenvalue weighted by molar-refractivity contribution is 5.48. The normalized spacial score (nSPS) is 8.50. The molecule has 0 radical (unpaired) electrons. The quantitative estimate of drug-likeness (QED) is 0.275. The zero-order valence-electron chi connectivity index (χ0n) is 4.02. The van der Waals surface area contributed by atoms with E-state index in [1.807, 2.05) is 14.1 Å². The molecule has 0 aliphatic rings. The first-order chi connectivity index (χ1) is 2.77. The van der Waals surface area contributed by atoms with Gasteiger partial charge in [-0.05, 0) is 0 Å². The Labute approximate surface area is 37.4 Å². The fourth-order valence-electron chi connectivity index (χ4n) is 0.129. The molecule has 6 heavy (non-hydrogen) atoms. The topological polar surface area (TPSA) is 39.1 Å². The standard InChI is InChI=1S/C3H9N3/c1-6(2)5-3-4/h3H,1-2H3,(H2,4,5). The van der Waals surface area contributed by atoms with Crippen LogP contribution in [0.3, 0.4) is 0 Å². The average molecular weight is 87.1 g/mol. The largest absolute Gasteiger partial charge is 0.310 e. The van der Waals surface area contributed by atoms with E-state index in [4.69, 9.17) is 5.41 Å². The fourth-order valence-corrected chi connectivity index (χ4v) is 0.129. The summed E-state index contributed by atoms with van der Waals surface area (Å²) >= 11 is 0. The van der Waals surface area contributed by atoms with Crippen molar-refractivity contribution in [2.45, 2.75) is 0 Å². The van der Waals surface area contributed by atoms with Gasteiger partial charge in [-0.15, -0.1) is 0 Å². The predicted octanol–water partition coefficient (Wildman–Crippen LogP) is -0.340. The summed E-state index contributed by atoms with van der Waals surface area (Å²) in [5, 5.41) is 8.14. The second-order valence-corrected chi connectivity index (χ2v) is 1.17. The third-order valence-corrected chi connectivity index (χ3v) is 0.323. The Morgan fingerprint density at radius 2 is 2.17 bits per heavy atom. The van der Waals surface area contributed by atoms with Crippen LogP contribution in [0.15, 0.2) is 0 Å². The van der Waals surface area contributed by atoms with Crippen LogP contribution in [0, 0.1) is 5.41 Å². The maximum Gasteiger partial charge on any atom is 0.0935 e. The van der Waals surface area contributed by atoms with Gasteiger partial charge < -0.3 is 5.43 Å². The summed E-state index contributed by atoms with van der Waals surface area (Å²) in [6.45, 7) is 0. The van der Waals surface area contributed by atoms with Crippen LogP contribution in [-0.2, 0) is 0 Å². The molecule has 0 saturated carbocycles. The molecule has 0 aliphatic heterocycles. The Morgan fingerprint density at radius 1 is 1.67 bits per heavy atom. The molecule has 0 amide bonds. The van der Waals surface area contributed by atoms with E-state index in [2.05, 4.69) is 5.43 Å². The molecular formula is C3H9N3. The van der Waals surface area contributed by atoms with Crippen LogP contribution in [0.2, 0.25) is 0 Å². The molecule has 0 spiro atoms. The second kappa shape index (κ2) is 2.66. The smallest absolute Gasteiger partial charge is 0.0935 e. The van der Waals surface area contributed by atoms with Crippen molar-refractivity contribution >= 4 is 6.34 Å². The zero-order valence-corrected chi connectivity index (χ0v) is 4.02. The van der Waals surface area contributed by atoms with Crippen molar-refractivity contribution in [2.24, 2.45) is 0 Å². The van der Waals surface area contributed by atoms with Gasteiger partial charge in [0.2, 0.25) is 0 Å². The van der Waals surface area contributed by atoms with Gasteiger partial charge in [-0.25, -0.2) is 5.01 Å². The third-order valence-electron chi connectivity index (χ3n) is 0.323. The monoisotopic (exact) mass is 87.1 g/mol. The number of rotatable bonds is 2. The fraction of sp³-hybridized carbons (Fsp3) is 0.667. The minimum absolute atomic E-state index is 1.12. The van der Waals surface area contributed by atoms with E-state index in [0.717, 1.165) is 6.34 Å².